The molecule has 0 radical (unpaired) electrons. The Labute approximate surface area is 120 Å². The average Bonchev–Trinajstić information content (AvgIpc) is 2.64. The van der Waals surface area contributed by atoms with E-state index in [1.807, 2.05) is 10.6 Å². The molecule has 2 rings (SSSR count). The molecule has 0 bridgehead atoms. The Morgan fingerprint density at radius 3 is 3.11 bits per heavy atom. The van der Waals surface area contributed by atoms with E-state index in [-0.39, 0.29) is 0 Å². The van der Waals surface area contributed by atoms with E-state index in [1.54, 1.807) is 6.20 Å². The van der Waals surface area contributed by atoms with Crippen molar-refractivity contribution < 1.29 is 4.74 Å². The fraction of sp³-hybridized carbons (Fsp3) is 0.500. The fourth-order valence-corrected chi connectivity index (χ4v) is 2.35. The van der Waals surface area contributed by atoms with Gasteiger partial charge in [-0.1, -0.05) is 13.3 Å². The molecule has 0 aliphatic rings. The normalized spacial score (nSPS) is 11.2. The molecule has 0 unspecified atom stereocenters. The highest BCUT2D eigenvalue weighted by molar-refractivity contribution is 9.10. The zero-order chi connectivity index (χ0) is 13.0. The minimum atomic E-state index is 0.666. The summed E-state index contributed by atoms with van der Waals surface area (Å²) in [7, 11) is 0. The molecule has 0 amide bonds. The number of imidazole rings is 1. The van der Waals surface area contributed by atoms with E-state index in [0.29, 0.717) is 11.4 Å². The first kappa shape index (κ1) is 13.7. The topological polar surface area (TPSA) is 42.8 Å². The zero-order valence-corrected chi connectivity index (χ0v) is 12.7. The van der Waals surface area contributed by atoms with Crippen LogP contribution in [0.2, 0.25) is 0 Å². The quantitative estimate of drug-likeness (QED) is 0.649. The third-order valence-corrected chi connectivity index (χ3v) is 3.43. The third-order valence-electron chi connectivity index (χ3n) is 2.68. The number of H-pyrrole nitrogens is 1. The number of rotatable bonds is 6. The van der Waals surface area contributed by atoms with Crippen LogP contribution < -0.4 is 0 Å². The highest BCUT2D eigenvalue weighted by atomic mass is 79.9. The van der Waals surface area contributed by atoms with E-state index in [9.17, 15) is 0 Å². The van der Waals surface area contributed by atoms with Gasteiger partial charge < -0.3 is 9.72 Å². The van der Waals surface area contributed by atoms with Gasteiger partial charge in [-0.15, -0.1) is 0 Å². The fourth-order valence-electron chi connectivity index (χ4n) is 1.73. The van der Waals surface area contributed by atoms with Crippen LogP contribution in [-0.4, -0.2) is 27.7 Å². The number of hydrogen-bond donors (Lipinski definition) is 1. The lowest BCUT2D eigenvalue weighted by Crippen LogP contribution is -2.07. The Morgan fingerprint density at radius 1 is 1.50 bits per heavy atom. The van der Waals surface area contributed by atoms with Crippen molar-refractivity contribution >= 4 is 39.3 Å². The summed E-state index contributed by atoms with van der Waals surface area (Å²) in [5, 5.41) is 0. The largest absolute Gasteiger partial charge is 0.380 e. The number of fused-ring (bicyclic) bond motifs is 1. The average molecular weight is 330 g/mol. The van der Waals surface area contributed by atoms with Crippen LogP contribution in [0.3, 0.4) is 0 Å². The predicted octanol–water partition coefficient (Wildman–Crippen LogP) is 3.67. The van der Waals surface area contributed by atoms with Gasteiger partial charge in [0.25, 0.3) is 0 Å². The molecule has 18 heavy (non-hydrogen) atoms. The number of aromatic amines is 1. The molecule has 98 valence electrons. The number of unbranched alkanes of at least 4 members (excludes halogenated alkanes) is 1. The Kier molecular flexibility index (Phi) is 4.91. The molecular weight excluding hydrogens is 314 g/mol. The van der Waals surface area contributed by atoms with Gasteiger partial charge in [0.1, 0.15) is 0 Å². The summed E-state index contributed by atoms with van der Waals surface area (Å²) < 4.78 is 9.16. The first-order chi connectivity index (χ1) is 8.72. The maximum Gasteiger partial charge on any atom is 0.179 e. The van der Waals surface area contributed by atoms with Crippen LogP contribution in [0.1, 0.15) is 19.8 Å². The van der Waals surface area contributed by atoms with Gasteiger partial charge in [-0.05, 0) is 40.6 Å². The molecule has 0 aromatic carbocycles. The lowest BCUT2D eigenvalue weighted by molar-refractivity contribution is 0.124. The van der Waals surface area contributed by atoms with E-state index in [0.717, 1.165) is 41.6 Å². The summed E-state index contributed by atoms with van der Waals surface area (Å²) in [4.78, 5) is 7.53. The van der Waals surface area contributed by atoms with Gasteiger partial charge in [-0.3, -0.25) is 4.57 Å². The number of pyridine rings is 1. The molecule has 0 saturated carbocycles. The molecule has 0 atom stereocenters. The van der Waals surface area contributed by atoms with E-state index < -0.39 is 0 Å². The minimum absolute atomic E-state index is 0.666. The van der Waals surface area contributed by atoms with E-state index in [4.69, 9.17) is 17.0 Å². The Hall–Kier alpha value is -0.720. The first-order valence-electron chi connectivity index (χ1n) is 6.04. The molecule has 1 N–H and O–H groups in total. The van der Waals surface area contributed by atoms with Gasteiger partial charge in [0, 0.05) is 17.3 Å². The monoisotopic (exact) mass is 329 g/mol. The molecule has 0 spiro atoms. The SMILES string of the molecule is CCCCOCCn1c(=S)[nH]c2cc(Br)cnc21. The molecule has 6 heteroatoms. The number of nitrogens with zero attached hydrogens (tertiary/aromatic N) is 2. The number of hydrogen-bond acceptors (Lipinski definition) is 3. The molecular formula is C12H16BrN3OS. The molecule has 4 nitrogen and oxygen atoms in total. The zero-order valence-electron chi connectivity index (χ0n) is 10.3. The van der Waals surface area contributed by atoms with Gasteiger partial charge in [-0.25, -0.2) is 4.98 Å². The van der Waals surface area contributed by atoms with E-state index in [1.165, 1.54) is 0 Å². The van der Waals surface area contributed by atoms with Gasteiger partial charge in [0.05, 0.1) is 18.7 Å². The summed E-state index contributed by atoms with van der Waals surface area (Å²) in [6.45, 7) is 4.36. The summed E-state index contributed by atoms with van der Waals surface area (Å²) in [5.41, 5.74) is 1.82. The first-order valence-corrected chi connectivity index (χ1v) is 7.24. The third kappa shape index (κ3) is 3.18. The van der Waals surface area contributed by atoms with Crippen molar-refractivity contribution in [1.82, 2.24) is 14.5 Å². The molecule has 0 saturated heterocycles. The van der Waals surface area contributed by atoms with E-state index >= 15 is 0 Å². The Balaban J connectivity index is 2.08. The number of aromatic nitrogens is 3. The lowest BCUT2D eigenvalue weighted by Gasteiger charge is -2.05. The molecule has 0 aliphatic heterocycles. The summed E-state index contributed by atoms with van der Waals surface area (Å²) >= 11 is 8.69. The molecule has 2 aromatic rings. The van der Waals surface area contributed by atoms with Crippen LogP contribution in [0.5, 0.6) is 0 Å². The maximum absolute atomic E-state index is 5.56. The van der Waals surface area contributed by atoms with Crippen molar-refractivity contribution in [3.8, 4) is 0 Å². The summed E-state index contributed by atoms with van der Waals surface area (Å²) in [6, 6.07) is 1.98. The van der Waals surface area contributed by atoms with Crippen molar-refractivity contribution in [1.29, 1.82) is 0 Å². The second-order valence-corrected chi connectivity index (χ2v) is 5.37. The summed E-state index contributed by atoms with van der Waals surface area (Å²) in [6.07, 6.45) is 4.03. The van der Waals surface area contributed by atoms with Crippen LogP contribution in [0.25, 0.3) is 11.2 Å². The predicted molar refractivity (Wildman–Crippen MR) is 78.3 cm³/mol. The summed E-state index contributed by atoms with van der Waals surface area (Å²) in [5.74, 6) is 0. The van der Waals surface area contributed by atoms with Crippen molar-refractivity contribution in [3.63, 3.8) is 0 Å². The number of ether oxygens (including phenoxy) is 1. The van der Waals surface area contributed by atoms with Crippen molar-refractivity contribution in [2.24, 2.45) is 0 Å². The number of halogens is 1. The minimum Gasteiger partial charge on any atom is -0.380 e. The second kappa shape index (κ2) is 6.45. The van der Waals surface area contributed by atoms with Crippen LogP contribution in [0.4, 0.5) is 0 Å². The molecule has 2 heterocycles. The van der Waals surface area contributed by atoms with Crippen LogP contribution in [0.15, 0.2) is 16.7 Å². The van der Waals surface area contributed by atoms with E-state index in [2.05, 4.69) is 32.8 Å². The molecule has 0 fully saturated rings. The highest BCUT2D eigenvalue weighted by Gasteiger charge is 2.05. The van der Waals surface area contributed by atoms with Crippen LogP contribution >= 0.6 is 28.1 Å². The van der Waals surface area contributed by atoms with Crippen molar-refractivity contribution in [2.75, 3.05) is 13.2 Å². The van der Waals surface area contributed by atoms with Crippen LogP contribution in [-0.2, 0) is 11.3 Å². The maximum atomic E-state index is 5.56. The standard InChI is InChI=1S/C12H16BrN3OS/c1-2-3-5-17-6-4-16-11-10(15-12(16)18)7-9(13)8-14-11/h7-8H,2-6H2,1H3,(H,15,18). The lowest BCUT2D eigenvalue weighted by atomic mass is 10.4. The van der Waals surface area contributed by atoms with Gasteiger partial charge in [0.2, 0.25) is 0 Å². The van der Waals surface area contributed by atoms with Crippen LogP contribution in [0, 0.1) is 4.77 Å². The van der Waals surface area contributed by atoms with Gasteiger partial charge in [0.15, 0.2) is 10.4 Å². The van der Waals surface area contributed by atoms with Crippen molar-refractivity contribution in [3.05, 3.63) is 21.5 Å². The Morgan fingerprint density at radius 2 is 2.33 bits per heavy atom. The van der Waals surface area contributed by atoms with Gasteiger partial charge in [-0.2, -0.15) is 0 Å². The molecule has 0 aliphatic carbocycles. The highest BCUT2D eigenvalue weighted by Crippen LogP contribution is 2.16. The smallest absolute Gasteiger partial charge is 0.179 e. The second-order valence-electron chi connectivity index (χ2n) is 4.07. The number of nitrogens with one attached hydrogen (secondary N) is 1. The molecule has 2 aromatic heterocycles. The van der Waals surface area contributed by atoms with Crippen molar-refractivity contribution in [2.45, 2.75) is 26.3 Å². The van der Waals surface area contributed by atoms with Gasteiger partial charge >= 0.3 is 0 Å². The Bertz CT molecular complexity index is 578.